The molecule has 1 unspecified atom stereocenters. The molecule has 2 heterocycles. The minimum Gasteiger partial charge on any atom is -0.490 e. The number of carboxylic acids is 1. The van der Waals surface area contributed by atoms with Crippen LogP contribution in [0.1, 0.15) is 12.8 Å². The Morgan fingerprint density at radius 2 is 2.59 bits per heavy atom. The minimum absolute atomic E-state index is 0.131. The predicted octanol–water partition coefficient (Wildman–Crippen LogP) is 0.346. The fourth-order valence-electron chi connectivity index (χ4n) is 1.92. The van der Waals surface area contributed by atoms with Crippen LogP contribution in [0.5, 0.6) is 5.75 Å². The maximum absolute atomic E-state index is 10.5. The zero-order valence-corrected chi connectivity index (χ0v) is 9.63. The van der Waals surface area contributed by atoms with E-state index in [4.69, 9.17) is 9.84 Å². The van der Waals surface area contributed by atoms with Gasteiger partial charge in [-0.05, 0) is 19.4 Å². The van der Waals surface area contributed by atoms with Gasteiger partial charge in [0.2, 0.25) is 0 Å². The summed E-state index contributed by atoms with van der Waals surface area (Å²) < 4.78 is 6.95. The Labute approximate surface area is 99.6 Å². The highest BCUT2D eigenvalue weighted by molar-refractivity contribution is 5.66. The van der Waals surface area contributed by atoms with Gasteiger partial charge in [-0.15, -0.1) is 0 Å². The fourth-order valence-corrected chi connectivity index (χ4v) is 1.92. The number of nitrogens with one attached hydrogen (secondary N) is 1. The third-order valence-electron chi connectivity index (χ3n) is 2.79. The van der Waals surface area contributed by atoms with Crippen LogP contribution < -0.4 is 10.1 Å². The Bertz CT molecular complexity index is 372. The molecule has 1 fully saturated rings. The monoisotopic (exact) mass is 239 g/mol. The molecule has 2 N–H and O–H groups in total. The van der Waals surface area contributed by atoms with Gasteiger partial charge in [0.25, 0.3) is 0 Å². The molecular formula is C11H17N3O3. The lowest BCUT2D eigenvalue weighted by Gasteiger charge is -2.22. The summed E-state index contributed by atoms with van der Waals surface area (Å²) in [7, 11) is 0. The first-order valence-corrected chi connectivity index (χ1v) is 5.82. The molecule has 6 heteroatoms. The topological polar surface area (TPSA) is 76.4 Å². The lowest BCUT2D eigenvalue weighted by atomic mass is 10.0. The van der Waals surface area contributed by atoms with Crippen molar-refractivity contribution in [2.24, 2.45) is 5.92 Å². The first-order chi connectivity index (χ1) is 8.24. The molecule has 1 aliphatic heterocycles. The molecule has 0 aromatic carbocycles. The molecule has 0 radical (unpaired) electrons. The van der Waals surface area contributed by atoms with Crippen molar-refractivity contribution < 1.29 is 14.6 Å². The molecule has 1 atom stereocenters. The van der Waals surface area contributed by atoms with Crippen LogP contribution in [0.4, 0.5) is 0 Å². The normalized spacial score (nSPS) is 20.1. The summed E-state index contributed by atoms with van der Waals surface area (Å²) in [4.78, 5) is 10.5. The molecule has 2 rings (SSSR count). The molecule has 0 amide bonds. The molecule has 0 bridgehead atoms. The summed E-state index contributed by atoms with van der Waals surface area (Å²) in [6.45, 7) is 2.61. The van der Waals surface area contributed by atoms with Gasteiger partial charge in [-0.1, -0.05) is 0 Å². The average Bonchev–Trinajstić information content (AvgIpc) is 2.75. The van der Waals surface area contributed by atoms with E-state index in [-0.39, 0.29) is 6.54 Å². The zero-order valence-electron chi connectivity index (χ0n) is 9.63. The minimum atomic E-state index is -0.906. The fraction of sp³-hybridized carbons (Fsp3) is 0.636. The van der Waals surface area contributed by atoms with E-state index >= 15 is 0 Å². The van der Waals surface area contributed by atoms with Gasteiger partial charge < -0.3 is 15.2 Å². The number of rotatable bonds is 5. The largest absolute Gasteiger partial charge is 0.490 e. The van der Waals surface area contributed by atoms with Gasteiger partial charge in [-0.3, -0.25) is 9.48 Å². The Morgan fingerprint density at radius 3 is 3.29 bits per heavy atom. The highest BCUT2D eigenvalue weighted by Crippen LogP contribution is 2.14. The Morgan fingerprint density at radius 1 is 1.71 bits per heavy atom. The molecule has 17 heavy (non-hydrogen) atoms. The molecule has 1 aromatic rings. The number of hydrogen-bond acceptors (Lipinski definition) is 4. The number of nitrogens with zero attached hydrogens (tertiary/aromatic N) is 2. The van der Waals surface area contributed by atoms with E-state index in [1.54, 1.807) is 12.4 Å². The number of hydrogen-bond donors (Lipinski definition) is 2. The standard InChI is InChI=1S/C11H17N3O3/c15-11(16)7-14-6-10(5-13-14)17-8-9-2-1-3-12-4-9/h5-6,9,12H,1-4,7-8H2,(H,15,16). The molecule has 94 valence electrons. The van der Waals surface area contributed by atoms with Gasteiger partial charge in [-0.2, -0.15) is 5.10 Å². The molecule has 6 nitrogen and oxygen atoms in total. The van der Waals surface area contributed by atoms with Gasteiger partial charge in [-0.25, -0.2) is 0 Å². The second-order valence-electron chi connectivity index (χ2n) is 4.29. The van der Waals surface area contributed by atoms with Crippen LogP contribution in [0, 0.1) is 5.92 Å². The van der Waals surface area contributed by atoms with Crippen molar-refractivity contribution in [3.8, 4) is 5.75 Å². The van der Waals surface area contributed by atoms with Crippen LogP contribution in [-0.2, 0) is 11.3 Å². The summed E-state index contributed by atoms with van der Waals surface area (Å²) in [6.07, 6.45) is 5.53. The average molecular weight is 239 g/mol. The lowest BCUT2D eigenvalue weighted by Crippen LogP contribution is -2.32. The molecule has 1 saturated heterocycles. The number of carbonyl (C=O) groups is 1. The molecule has 1 aliphatic rings. The van der Waals surface area contributed by atoms with Crippen LogP contribution in [0.2, 0.25) is 0 Å². The molecule has 1 aromatic heterocycles. The van der Waals surface area contributed by atoms with Crippen LogP contribution in [0.3, 0.4) is 0 Å². The maximum atomic E-state index is 10.5. The van der Waals surface area contributed by atoms with Crippen LogP contribution >= 0.6 is 0 Å². The van der Waals surface area contributed by atoms with Crippen LogP contribution in [0.15, 0.2) is 12.4 Å². The first kappa shape index (κ1) is 11.9. The number of aromatic nitrogens is 2. The number of carboxylic acid groups (broad SMARTS) is 1. The summed E-state index contributed by atoms with van der Waals surface area (Å²) in [6, 6.07) is 0. The summed E-state index contributed by atoms with van der Waals surface area (Å²) in [5.41, 5.74) is 0. The van der Waals surface area contributed by atoms with Gasteiger partial charge in [0, 0.05) is 12.5 Å². The van der Waals surface area contributed by atoms with Crippen molar-refractivity contribution in [2.75, 3.05) is 19.7 Å². The first-order valence-electron chi connectivity index (χ1n) is 5.82. The van der Waals surface area contributed by atoms with Crippen molar-refractivity contribution in [3.05, 3.63) is 12.4 Å². The Kier molecular flexibility index (Phi) is 3.98. The number of ether oxygens (including phenoxy) is 1. The van der Waals surface area contributed by atoms with Crippen molar-refractivity contribution in [1.29, 1.82) is 0 Å². The van der Waals surface area contributed by atoms with Crippen molar-refractivity contribution in [3.63, 3.8) is 0 Å². The van der Waals surface area contributed by atoms with Gasteiger partial charge in [0.05, 0.1) is 19.0 Å². The van der Waals surface area contributed by atoms with E-state index in [0.717, 1.165) is 13.1 Å². The maximum Gasteiger partial charge on any atom is 0.325 e. The van der Waals surface area contributed by atoms with Crippen molar-refractivity contribution in [2.45, 2.75) is 19.4 Å². The van der Waals surface area contributed by atoms with Gasteiger partial charge >= 0.3 is 5.97 Å². The highest BCUT2D eigenvalue weighted by atomic mass is 16.5. The highest BCUT2D eigenvalue weighted by Gasteiger charge is 2.14. The smallest absolute Gasteiger partial charge is 0.325 e. The van der Waals surface area contributed by atoms with Gasteiger partial charge in [0.1, 0.15) is 6.54 Å². The van der Waals surface area contributed by atoms with E-state index in [1.807, 2.05) is 0 Å². The van der Waals surface area contributed by atoms with Crippen molar-refractivity contribution >= 4 is 5.97 Å². The number of piperidine rings is 1. The van der Waals surface area contributed by atoms with Crippen molar-refractivity contribution in [1.82, 2.24) is 15.1 Å². The Hall–Kier alpha value is -1.56. The second-order valence-corrected chi connectivity index (χ2v) is 4.29. The van der Waals surface area contributed by atoms with Crippen LogP contribution in [-0.4, -0.2) is 40.6 Å². The number of aliphatic carboxylic acids is 1. The predicted molar refractivity (Wildman–Crippen MR) is 61.0 cm³/mol. The van der Waals surface area contributed by atoms with E-state index in [9.17, 15) is 4.79 Å². The SMILES string of the molecule is O=C(O)Cn1cc(OCC2CCCNC2)cn1. The summed E-state index contributed by atoms with van der Waals surface area (Å²) in [5, 5.41) is 15.8. The van der Waals surface area contributed by atoms with Crippen LogP contribution in [0.25, 0.3) is 0 Å². The van der Waals surface area contributed by atoms with E-state index in [0.29, 0.717) is 18.3 Å². The third-order valence-corrected chi connectivity index (χ3v) is 2.79. The second kappa shape index (κ2) is 5.67. The quantitative estimate of drug-likeness (QED) is 0.775. The summed E-state index contributed by atoms with van der Waals surface area (Å²) >= 11 is 0. The molecule has 0 spiro atoms. The molecule has 0 saturated carbocycles. The third kappa shape index (κ3) is 3.74. The molecular weight excluding hydrogens is 222 g/mol. The molecule has 0 aliphatic carbocycles. The summed E-state index contributed by atoms with van der Waals surface area (Å²) in [5.74, 6) is 0.263. The Balaban J connectivity index is 1.78. The zero-order chi connectivity index (χ0) is 12.1. The van der Waals surface area contributed by atoms with E-state index < -0.39 is 5.97 Å². The van der Waals surface area contributed by atoms with E-state index in [2.05, 4.69) is 10.4 Å². The van der Waals surface area contributed by atoms with Gasteiger partial charge in [0.15, 0.2) is 5.75 Å². The lowest BCUT2D eigenvalue weighted by molar-refractivity contribution is -0.137. The van der Waals surface area contributed by atoms with E-state index in [1.165, 1.54) is 17.5 Å².